The van der Waals surface area contributed by atoms with E-state index in [1.54, 1.807) is 6.08 Å². The molecule has 0 spiro atoms. The number of esters is 1. The summed E-state index contributed by atoms with van der Waals surface area (Å²) in [6, 6.07) is 0. The number of hydrogen-bond acceptors (Lipinski definition) is 3. The molecule has 0 aromatic rings. The first-order valence-corrected chi connectivity index (χ1v) is 5.51. The van der Waals surface area contributed by atoms with Crippen LogP contribution in [-0.4, -0.2) is 24.3 Å². The fourth-order valence-corrected chi connectivity index (χ4v) is 1.26. The van der Waals surface area contributed by atoms with Crippen molar-refractivity contribution in [2.24, 2.45) is 5.92 Å². The molecule has 1 atom stereocenters. The summed E-state index contributed by atoms with van der Waals surface area (Å²) in [7, 11) is 1.34. The summed E-state index contributed by atoms with van der Waals surface area (Å²) in [6.45, 7) is 5.84. The van der Waals surface area contributed by atoms with Crippen LogP contribution in [0.3, 0.4) is 0 Å². The summed E-state index contributed by atoms with van der Waals surface area (Å²) in [4.78, 5) is 11.4. The Morgan fingerprint density at radius 2 is 2.07 bits per heavy atom. The van der Waals surface area contributed by atoms with E-state index in [1.807, 2.05) is 13.8 Å². The van der Waals surface area contributed by atoms with Gasteiger partial charge in [0.1, 0.15) is 0 Å². The molecule has 0 saturated carbocycles. The van der Waals surface area contributed by atoms with E-state index in [0.717, 1.165) is 19.3 Å². The van der Waals surface area contributed by atoms with Gasteiger partial charge in [-0.15, -0.1) is 0 Å². The first-order chi connectivity index (χ1) is 7.04. The normalized spacial score (nSPS) is 14.1. The van der Waals surface area contributed by atoms with Gasteiger partial charge in [0.25, 0.3) is 0 Å². The average molecular weight is 214 g/mol. The Hall–Kier alpha value is -0.830. The fourth-order valence-electron chi connectivity index (χ4n) is 1.26. The van der Waals surface area contributed by atoms with Crippen LogP contribution in [0.15, 0.2) is 11.6 Å². The zero-order valence-corrected chi connectivity index (χ0v) is 10.1. The van der Waals surface area contributed by atoms with Gasteiger partial charge in [0.15, 0.2) is 0 Å². The van der Waals surface area contributed by atoms with Crippen LogP contribution in [-0.2, 0) is 9.53 Å². The third-order valence-corrected chi connectivity index (χ3v) is 2.29. The summed E-state index contributed by atoms with van der Waals surface area (Å²) >= 11 is 0. The van der Waals surface area contributed by atoms with Crippen molar-refractivity contribution in [2.75, 3.05) is 7.11 Å². The number of aliphatic hydroxyl groups excluding tert-OH is 1. The van der Waals surface area contributed by atoms with Crippen LogP contribution < -0.4 is 0 Å². The Kier molecular flexibility index (Phi) is 7.05. The number of methoxy groups -OCH3 is 1. The number of aliphatic hydroxyl groups is 1. The van der Waals surface area contributed by atoms with Crippen molar-refractivity contribution >= 4 is 5.97 Å². The lowest BCUT2D eigenvalue weighted by Crippen LogP contribution is -2.24. The molecule has 0 fully saturated rings. The second-order valence-corrected chi connectivity index (χ2v) is 3.98. The molecule has 0 bridgehead atoms. The topological polar surface area (TPSA) is 46.5 Å². The van der Waals surface area contributed by atoms with Gasteiger partial charge in [0.05, 0.1) is 18.8 Å². The molecular weight excluding hydrogens is 192 g/mol. The molecular formula is C12H22O3. The summed E-state index contributed by atoms with van der Waals surface area (Å²) in [5.41, 5.74) is 0.390. The Morgan fingerprint density at radius 1 is 1.47 bits per heavy atom. The lowest BCUT2D eigenvalue weighted by Gasteiger charge is -2.16. The third kappa shape index (κ3) is 4.98. The molecule has 0 aromatic carbocycles. The average Bonchev–Trinajstić information content (AvgIpc) is 2.22. The van der Waals surface area contributed by atoms with Crippen molar-refractivity contribution in [1.29, 1.82) is 0 Å². The van der Waals surface area contributed by atoms with Crippen LogP contribution in [0, 0.1) is 5.92 Å². The molecule has 88 valence electrons. The molecule has 0 aliphatic heterocycles. The number of hydrogen-bond donors (Lipinski definition) is 1. The first-order valence-electron chi connectivity index (χ1n) is 5.51. The van der Waals surface area contributed by atoms with Crippen LogP contribution in [0.25, 0.3) is 0 Å². The van der Waals surface area contributed by atoms with Crippen LogP contribution in [0.5, 0.6) is 0 Å². The van der Waals surface area contributed by atoms with Crippen molar-refractivity contribution < 1.29 is 14.6 Å². The molecule has 3 heteroatoms. The van der Waals surface area contributed by atoms with Gasteiger partial charge in [-0.3, -0.25) is 0 Å². The molecule has 3 nitrogen and oxygen atoms in total. The Labute approximate surface area is 92.1 Å². The summed E-state index contributed by atoms with van der Waals surface area (Å²) in [5.74, 6) is -0.399. The van der Waals surface area contributed by atoms with Gasteiger partial charge in [-0.1, -0.05) is 39.7 Å². The summed E-state index contributed by atoms with van der Waals surface area (Å²) < 4.78 is 4.65. The van der Waals surface area contributed by atoms with Crippen molar-refractivity contribution in [3.05, 3.63) is 11.6 Å². The minimum absolute atomic E-state index is 0.0250. The monoisotopic (exact) mass is 214 g/mol. The number of rotatable bonds is 6. The molecule has 1 unspecified atom stereocenters. The van der Waals surface area contributed by atoms with E-state index in [1.165, 1.54) is 7.11 Å². The van der Waals surface area contributed by atoms with Gasteiger partial charge in [-0.2, -0.15) is 0 Å². The van der Waals surface area contributed by atoms with Crippen molar-refractivity contribution in [3.63, 3.8) is 0 Å². The molecule has 0 heterocycles. The maximum atomic E-state index is 11.4. The van der Waals surface area contributed by atoms with Gasteiger partial charge < -0.3 is 9.84 Å². The predicted molar refractivity (Wildman–Crippen MR) is 60.5 cm³/mol. The van der Waals surface area contributed by atoms with E-state index in [2.05, 4.69) is 11.7 Å². The van der Waals surface area contributed by atoms with Crippen molar-refractivity contribution in [3.8, 4) is 0 Å². The lowest BCUT2D eigenvalue weighted by molar-refractivity contribution is -0.137. The number of ether oxygens (including phenoxy) is 1. The Morgan fingerprint density at radius 3 is 2.47 bits per heavy atom. The fraction of sp³-hybridized carbons (Fsp3) is 0.750. The van der Waals surface area contributed by atoms with Gasteiger partial charge in [-0.25, -0.2) is 4.79 Å². The van der Waals surface area contributed by atoms with Gasteiger partial charge in [0, 0.05) is 0 Å². The molecule has 0 amide bonds. The molecule has 15 heavy (non-hydrogen) atoms. The SMILES string of the molecule is CCCC/C=C(\C(=O)OC)C(O)C(C)C. The maximum absolute atomic E-state index is 11.4. The second kappa shape index (κ2) is 7.46. The molecule has 0 aromatic heterocycles. The van der Waals surface area contributed by atoms with E-state index in [4.69, 9.17) is 0 Å². The Balaban J connectivity index is 4.57. The predicted octanol–water partition coefficient (Wildman–Crippen LogP) is 2.29. The van der Waals surface area contributed by atoms with Crippen LogP contribution in [0.1, 0.15) is 40.0 Å². The summed E-state index contributed by atoms with van der Waals surface area (Å²) in [5, 5.41) is 9.82. The van der Waals surface area contributed by atoms with Gasteiger partial charge in [-0.05, 0) is 12.3 Å². The number of carbonyl (C=O) groups excluding carboxylic acids is 1. The van der Waals surface area contributed by atoms with Crippen molar-refractivity contribution in [2.45, 2.75) is 46.1 Å². The van der Waals surface area contributed by atoms with E-state index in [0.29, 0.717) is 5.57 Å². The molecule has 0 aliphatic carbocycles. The molecule has 0 radical (unpaired) electrons. The largest absolute Gasteiger partial charge is 0.466 e. The number of allylic oxidation sites excluding steroid dienone is 1. The highest BCUT2D eigenvalue weighted by Crippen LogP contribution is 2.15. The highest BCUT2D eigenvalue weighted by molar-refractivity contribution is 5.89. The lowest BCUT2D eigenvalue weighted by atomic mass is 9.97. The second-order valence-electron chi connectivity index (χ2n) is 3.98. The minimum Gasteiger partial charge on any atom is -0.466 e. The molecule has 0 saturated heterocycles. The quantitative estimate of drug-likeness (QED) is 0.419. The highest BCUT2D eigenvalue weighted by atomic mass is 16.5. The van der Waals surface area contributed by atoms with Crippen LogP contribution >= 0.6 is 0 Å². The zero-order chi connectivity index (χ0) is 11.8. The smallest absolute Gasteiger partial charge is 0.336 e. The molecule has 1 N–H and O–H groups in total. The maximum Gasteiger partial charge on any atom is 0.336 e. The van der Waals surface area contributed by atoms with E-state index >= 15 is 0 Å². The van der Waals surface area contributed by atoms with Gasteiger partial charge >= 0.3 is 5.97 Å². The highest BCUT2D eigenvalue weighted by Gasteiger charge is 2.21. The zero-order valence-electron chi connectivity index (χ0n) is 10.1. The first kappa shape index (κ1) is 14.2. The molecule has 0 aliphatic rings. The number of carbonyl (C=O) groups is 1. The van der Waals surface area contributed by atoms with Crippen LogP contribution in [0.4, 0.5) is 0 Å². The minimum atomic E-state index is -0.727. The third-order valence-electron chi connectivity index (χ3n) is 2.29. The van der Waals surface area contributed by atoms with Crippen molar-refractivity contribution in [1.82, 2.24) is 0 Å². The standard InChI is InChI=1S/C12H22O3/c1-5-6-7-8-10(12(14)15-4)11(13)9(2)3/h8-9,11,13H,5-7H2,1-4H3/b10-8-. The van der Waals surface area contributed by atoms with E-state index in [-0.39, 0.29) is 5.92 Å². The van der Waals surface area contributed by atoms with E-state index < -0.39 is 12.1 Å². The summed E-state index contributed by atoms with van der Waals surface area (Å²) in [6.07, 6.45) is 3.97. The van der Waals surface area contributed by atoms with Gasteiger partial charge in [0.2, 0.25) is 0 Å². The number of unbranched alkanes of at least 4 members (excludes halogenated alkanes) is 2. The van der Waals surface area contributed by atoms with Crippen LogP contribution in [0.2, 0.25) is 0 Å². The van der Waals surface area contributed by atoms with E-state index in [9.17, 15) is 9.90 Å². The Bertz CT molecular complexity index is 219. The molecule has 0 rings (SSSR count).